The number of nitrogens with zero attached hydrogens (tertiary/aromatic N) is 3. The molecule has 1 aliphatic heterocycles. The number of methoxy groups -OCH3 is 1. The van der Waals surface area contributed by atoms with Gasteiger partial charge in [-0.2, -0.15) is 0 Å². The first-order chi connectivity index (χ1) is 15.9. The van der Waals surface area contributed by atoms with Gasteiger partial charge in [-0.05, 0) is 53.4 Å². The molecule has 0 spiro atoms. The van der Waals surface area contributed by atoms with Gasteiger partial charge in [-0.1, -0.05) is 24.3 Å². The Kier molecular flexibility index (Phi) is 7.14. The summed E-state index contributed by atoms with van der Waals surface area (Å²) in [5.41, 5.74) is 3.48. The van der Waals surface area contributed by atoms with Crippen LogP contribution in [0.1, 0.15) is 29.7 Å². The monoisotopic (exact) mass is 449 g/mol. The predicted molar refractivity (Wildman–Crippen MR) is 127 cm³/mol. The second-order valence-electron chi connectivity index (χ2n) is 8.97. The van der Waals surface area contributed by atoms with E-state index in [0.717, 1.165) is 30.9 Å². The van der Waals surface area contributed by atoms with Crippen molar-refractivity contribution in [3.8, 4) is 5.75 Å². The van der Waals surface area contributed by atoms with E-state index in [1.807, 2.05) is 17.0 Å². The molecular formula is C27H32FN3O2. The predicted octanol–water partition coefficient (Wildman–Crippen LogP) is 4.44. The summed E-state index contributed by atoms with van der Waals surface area (Å²) in [6, 6.07) is 18.9. The quantitative estimate of drug-likeness (QED) is 0.510. The Hall–Kier alpha value is -3.12. The highest BCUT2D eigenvalue weighted by molar-refractivity contribution is 5.73. The Morgan fingerprint density at radius 2 is 1.82 bits per heavy atom. The first kappa shape index (κ1) is 23.1. The van der Waals surface area contributed by atoms with Crippen LogP contribution in [0.4, 0.5) is 4.39 Å². The summed E-state index contributed by atoms with van der Waals surface area (Å²) in [5.74, 6) is 1.22. The molecular weight excluding hydrogens is 417 g/mol. The zero-order valence-electron chi connectivity index (χ0n) is 19.6. The van der Waals surface area contributed by atoms with Crippen LogP contribution in [0.2, 0.25) is 0 Å². The topological polar surface area (TPSA) is 37.7 Å². The Labute approximate surface area is 195 Å². The minimum atomic E-state index is -0.264. The summed E-state index contributed by atoms with van der Waals surface area (Å²) in [4.78, 5) is 16.9. The normalized spacial score (nSPS) is 18.4. The van der Waals surface area contributed by atoms with Gasteiger partial charge in [0, 0.05) is 64.5 Å². The number of halogens is 1. The fourth-order valence-electron chi connectivity index (χ4n) is 4.79. The van der Waals surface area contributed by atoms with Crippen molar-refractivity contribution in [2.45, 2.75) is 25.9 Å². The minimum absolute atomic E-state index is 0.0358. The molecule has 0 radical (unpaired) electrons. The zero-order chi connectivity index (χ0) is 23.4. The summed E-state index contributed by atoms with van der Waals surface area (Å²) in [6.07, 6.45) is 2.07. The maximum atomic E-state index is 13.3. The van der Waals surface area contributed by atoms with Crippen LogP contribution in [0.25, 0.3) is 0 Å². The highest BCUT2D eigenvalue weighted by atomic mass is 19.1. The number of amides is 1. The molecule has 1 amide bonds. The third-order valence-electron chi connectivity index (χ3n) is 6.68. The van der Waals surface area contributed by atoms with Crippen LogP contribution in [-0.4, -0.2) is 47.0 Å². The highest BCUT2D eigenvalue weighted by Gasteiger charge is 2.35. The molecule has 5 nitrogen and oxygen atoms in total. The second-order valence-corrected chi connectivity index (χ2v) is 8.97. The van der Waals surface area contributed by atoms with Crippen molar-refractivity contribution in [2.24, 2.45) is 13.0 Å². The van der Waals surface area contributed by atoms with Crippen LogP contribution in [-0.2, 0) is 24.9 Å². The number of hydrogen-bond donors (Lipinski definition) is 0. The molecule has 1 aliphatic rings. The molecule has 6 heteroatoms. The lowest BCUT2D eigenvalue weighted by Gasteiger charge is -2.28. The molecule has 0 aliphatic carbocycles. The van der Waals surface area contributed by atoms with Gasteiger partial charge in [-0.15, -0.1) is 0 Å². The fraction of sp³-hybridized carbons (Fsp3) is 0.370. The fourth-order valence-corrected chi connectivity index (χ4v) is 4.79. The SMILES string of the molecule is COc1ccc([C@@H]2CN(Cc3cccn3C)C[C@@H]2CN(Cc2ccc(F)cc2)C(C)=O)cc1. The molecule has 2 heterocycles. The van der Waals surface area contributed by atoms with Crippen LogP contribution in [0.3, 0.4) is 0 Å². The van der Waals surface area contributed by atoms with Gasteiger partial charge in [0.05, 0.1) is 7.11 Å². The highest BCUT2D eigenvalue weighted by Crippen LogP contribution is 2.35. The van der Waals surface area contributed by atoms with Crippen LogP contribution in [0.5, 0.6) is 5.75 Å². The molecule has 1 fully saturated rings. The third kappa shape index (κ3) is 5.63. The van der Waals surface area contributed by atoms with Crippen LogP contribution < -0.4 is 4.74 Å². The maximum absolute atomic E-state index is 13.3. The smallest absolute Gasteiger partial charge is 0.219 e. The average molecular weight is 450 g/mol. The molecule has 2 aromatic carbocycles. The molecule has 1 aromatic heterocycles. The number of hydrogen-bond acceptors (Lipinski definition) is 3. The molecule has 0 N–H and O–H groups in total. The van der Waals surface area contributed by atoms with Crippen molar-refractivity contribution in [2.75, 3.05) is 26.7 Å². The van der Waals surface area contributed by atoms with Gasteiger partial charge in [-0.25, -0.2) is 4.39 Å². The third-order valence-corrected chi connectivity index (χ3v) is 6.68. The summed E-state index contributed by atoms with van der Waals surface area (Å²) in [5, 5.41) is 0. The number of likely N-dealkylation sites (tertiary alicyclic amines) is 1. The van der Waals surface area contributed by atoms with Crippen LogP contribution in [0.15, 0.2) is 66.9 Å². The molecule has 4 rings (SSSR count). The zero-order valence-corrected chi connectivity index (χ0v) is 19.6. The number of aromatic nitrogens is 1. The summed E-state index contributed by atoms with van der Waals surface area (Å²) in [6.45, 7) is 5.49. The number of aryl methyl sites for hydroxylation is 1. The molecule has 0 unspecified atom stereocenters. The maximum Gasteiger partial charge on any atom is 0.219 e. The van der Waals surface area contributed by atoms with E-state index in [-0.39, 0.29) is 11.7 Å². The van der Waals surface area contributed by atoms with Crippen molar-refractivity contribution in [3.63, 3.8) is 0 Å². The van der Waals surface area contributed by atoms with E-state index >= 15 is 0 Å². The van der Waals surface area contributed by atoms with E-state index in [2.05, 4.69) is 47.0 Å². The van der Waals surface area contributed by atoms with Crippen molar-refractivity contribution in [3.05, 3.63) is 89.5 Å². The molecule has 2 atom stereocenters. The average Bonchev–Trinajstić information content (AvgIpc) is 3.40. The Morgan fingerprint density at radius 1 is 1.09 bits per heavy atom. The van der Waals surface area contributed by atoms with E-state index in [4.69, 9.17) is 4.74 Å². The summed E-state index contributed by atoms with van der Waals surface area (Å²) in [7, 11) is 3.75. The lowest BCUT2D eigenvalue weighted by atomic mass is 9.88. The van der Waals surface area contributed by atoms with Crippen LogP contribution >= 0.6 is 0 Å². The minimum Gasteiger partial charge on any atom is -0.497 e. The Balaban J connectivity index is 1.54. The first-order valence-electron chi connectivity index (χ1n) is 11.4. The Bertz CT molecular complexity index is 1060. The van der Waals surface area contributed by atoms with E-state index in [1.165, 1.54) is 23.4 Å². The van der Waals surface area contributed by atoms with E-state index in [1.54, 1.807) is 26.2 Å². The van der Waals surface area contributed by atoms with Crippen LogP contribution in [0, 0.1) is 11.7 Å². The van der Waals surface area contributed by atoms with Crippen molar-refractivity contribution >= 4 is 5.91 Å². The van der Waals surface area contributed by atoms with E-state index in [0.29, 0.717) is 24.9 Å². The molecule has 0 bridgehead atoms. The summed E-state index contributed by atoms with van der Waals surface area (Å²) >= 11 is 0. The van der Waals surface area contributed by atoms with Gasteiger partial charge in [0.2, 0.25) is 5.91 Å². The van der Waals surface area contributed by atoms with E-state index in [9.17, 15) is 9.18 Å². The number of ether oxygens (including phenoxy) is 1. The lowest BCUT2D eigenvalue weighted by Crippen LogP contribution is -2.35. The van der Waals surface area contributed by atoms with Gasteiger partial charge in [0.1, 0.15) is 11.6 Å². The molecule has 1 saturated heterocycles. The van der Waals surface area contributed by atoms with Gasteiger partial charge >= 0.3 is 0 Å². The molecule has 0 saturated carbocycles. The number of benzene rings is 2. The van der Waals surface area contributed by atoms with Crippen molar-refractivity contribution in [1.29, 1.82) is 0 Å². The van der Waals surface area contributed by atoms with Gasteiger partial charge in [-0.3, -0.25) is 9.69 Å². The van der Waals surface area contributed by atoms with Crippen molar-refractivity contribution in [1.82, 2.24) is 14.4 Å². The second kappa shape index (κ2) is 10.2. The first-order valence-corrected chi connectivity index (χ1v) is 11.4. The molecule has 33 heavy (non-hydrogen) atoms. The molecule has 3 aromatic rings. The van der Waals surface area contributed by atoms with Crippen molar-refractivity contribution < 1.29 is 13.9 Å². The van der Waals surface area contributed by atoms with Gasteiger partial charge in [0.25, 0.3) is 0 Å². The number of rotatable bonds is 8. The standard InChI is InChI=1S/C27H32FN3O2/c1-20(32)31(15-21-6-10-24(28)11-7-21)17-23-16-30(18-25-5-4-14-29(25)2)19-27(23)22-8-12-26(33-3)13-9-22/h4-14,23,27H,15-19H2,1-3H3/t23-,27+/m1/s1. The molecule has 174 valence electrons. The lowest BCUT2D eigenvalue weighted by molar-refractivity contribution is -0.130. The van der Waals surface area contributed by atoms with E-state index < -0.39 is 0 Å². The number of carbonyl (C=O) groups excluding carboxylic acids is 1. The van der Waals surface area contributed by atoms with Gasteiger partial charge < -0.3 is 14.2 Å². The summed E-state index contributed by atoms with van der Waals surface area (Å²) < 4.78 is 20.8. The largest absolute Gasteiger partial charge is 0.497 e. The Morgan fingerprint density at radius 3 is 2.42 bits per heavy atom. The number of carbonyl (C=O) groups is 1. The van der Waals surface area contributed by atoms with Gasteiger partial charge in [0.15, 0.2) is 0 Å².